The predicted octanol–water partition coefficient (Wildman–Crippen LogP) is 4.17. The lowest BCUT2D eigenvalue weighted by Gasteiger charge is -2.38. The van der Waals surface area contributed by atoms with Gasteiger partial charge in [-0.3, -0.25) is 9.59 Å². The van der Waals surface area contributed by atoms with E-state index >= 15 is 0 Å². The lowest BCUT2D eigenvalue weighted by molar-refractivity contribution is -0.133. The highest BCUT2D eigenvalue weighted by Gasteiger charge is 2.35. The molecule has 1 amide bonds. The number of carbonyl (C=O) groups is 2. The monoisotopic (exact) mass is 427 g/mol. The van der Waals surface area contributed by atoms with Crippen molar-refractivity contribution in [3.05, 3.63) is 88.7 Å². The van der Waals surface area contributed by atoms with Crippen LogP contribution in [0.2, 0.25) is 0 Å². The van der Waals surface area contributed by atoms with Crippen LogP contribution in [0.15, 0.2) is 60.7 Å². The second kappa shape index (κ2) is 8.30. The largest absolute Gasteiger partial charge is 0.368 e. The first kappa shape index (κ1) is 20.6. The zero-order valence-corrected chi connectivity index (χ0v) is 18.8. The molecule has 0 N–H and O–H groups in total. The van der Waals surface area contributed by atoms with Crippen molar-refractivity contribution in [1.82, 2.24) is 9.47 Å². The number of fused-ring (bicyclic) bond motifs is 1. The molecule has 1 aromatic heterocycles. The SMILES string of the molecule is Cc1ccc(C)c(N2CCN(C(=O)C3CCn4c(C(=O)c5ccccc5)ccc43)CC2)c1. The summed E-state index contributed by atoms with van der Waals surface area (Å²) >= 11 is 0. The van der Waals surface area contributed by atoms with Crippen LogP contribution >= 0.6 is 0 Å². The Bertz CT molecular complexity index is 1160. The van der Waals surface area contributed by atoms with E-state index in [0.29, 0.717) is 11.3 Å². The number of benzene rings is 2. The normalized spacial score (nSPS) is 18.0. The molecule has 1 fully saturated rings. The molecule has 2 aliphatic heterocycles. The van der Waals surface area contributed by atoms with Crippen molar-refractivity contribution in [2.24, 2.45) is 0 Å². The van der Waals surface area contributed by atoms with E-state index in [-0.39, 0.29) is 17.6 Å². The Labute approximate surface area is 189 Å². The van der Waals surface area contributed by atoms with E-state index in [0.717, 1.165) is 44.8 Å². The van der Waals surface area contributed by atoms with E-state index in [9.17, 15) is 9.59 Å². The van der Waals surface area contributed by atoms with Gasteiger partial charge in [0.15, 0.2) is 0 Å². The van der Waals surface area contributed by atoms with Gasteiger partial charge in [0.25, 0.3) is 0 Å². The number of rotatable bonds is 4. The van der Waals surface area contributed by atoms with Gasteiger partial charge in [-0.1, -0.05) is 42.5 Å². The molecule has 0 radical (unpaired) electrons. The van der Waals surface area contributed by atoms with Gasteiger partial charge in [0.2, 0.25) is 11.7 Å². The number of nitrogens with zero attached hydrogens (tertiary/aromatic N) is 3. The van der Waals surface area contributed by atoms with E-state index in [2.05, 4.69) is 36.9 Å². The summed E-state index contributed by atoms with van der Waals surface area (Å²) in [6.45, 7) is 8.15. The van der Waals surface area contributed by atoms with Crippen molar-refractivity contribution in [2.45, 2.75) is 32.7 Å². The molecule has 3 heterocycles. The van der Waals surface area contributed by atoms with Gasteiger partial charge in [0.1, 0.15) is 0 Å². The molecular weight excluding hydrogens is 398 g/mol. The third-order valence-corrected chi connectivity index (χ3v) is 6.88. The zero-order valence-electron chi connectivity index (χ0n) is 18.8. The minimum absolute atomic E-state index is 0.0205. The Kier molecular flexibility index (Phi) is 5.33. The third kappa shape index (κ3) is 3.62. The van der Waals surface area contributed by atoms with Crippen LogP contribution in [-0.4, -0.2) is 47.3 Å². The van der Waals surface area contributed by atoms with Gasteiger partial charge in [-0.05, 0) is 49.6 Å². The van der Waals surface area contributed by atoms with Crippen LogP contribution in [0.5, 0.6) is 0 Å². The molecule has 1 unspecified atom stereocenters. The average molecular weight is 428 g/mol. The van der Waals surface area contributed by atoms with Crippen LogP contribution in [0.4, 0.5) is 5.69 Å². The number of amides is 1. The van der Waals surface area contributed by atoms with Gasteiger partial charge in [0.05, 0.1) is 11.6 Å². The fourth-order valence-corrected chi connectivity index (χ4v) is 5.08. The maximum Gasteiger partial charge on any atom is 0.231 e. The van der Waals surface area contributed by atoms with E-state index < -0.39 is 0 Å². The van der Waals surface area contributed by atoms with Crippen molar-refractivity contribution in [3.8, 4) is 0 Å². The Morgan fingerprint density at radius 2 is 1.59 bits per heavy atom. The number of carbonyl (C=O) groups excluding carboxylic acids is 2. The van der Waals surface area contributed by atoms with Crippen LogP contribution in [-0.2, 0) is 11.3 Å². The van der Waals surface area contributed by atoms with Crippen LogP contribution in [0.1, 0.15) is 45.2 Å². The van der Waals surface area contributed by atoms with Crippen molar-refractivity contribution in [2.75, 3.05) is 31.1 Å². The Balaban J connectivity index is 1.28. The first-order chi connectivity index (χ1) is 15.5. The summed E-state index contributed by atoms with van der Waals surface area (Å²) in [6, 6.07) is 19.8. The van der Waals surface area contributed by atoms with Crippen LogP contribution in [0, 0.1) is 13.8 Å². The Hall–Kier alpha value is -3.34. The molecule has 0 saturated carbocycles. The molecule has 2 aromatic carbocycles. The quantitative estimate of drug-likeness (QED) is 0.587. The van der Waals surface area contributed by atoms with Gasteiger partial charge in [-0.15, -0.1) is 0 Å². The minimum Gasteiger partial charge on any atom is -0.368 e. The predicted molar refractivity (Wildman–Crippen MR) is 126 cm³/mol. The summed E-state index contributed by atoms with van der Waals surface area (Å²) in [5, 5.41) is 0. The molecule has 0 bridgehead atoms. The number of hydrogen-bond acceptors (Lipinski definition) is 3. The summed E-state index contributed by atoms with van der Waals surface area (Å²) in [6.07, 6.45) is 0.765. The van der Waals surface area contributed by atoms with Crippen molar-refractivity contribution in [1.29, 1.82) is 0 Å². The highest BCUT2D eigenvalue weighted by molar-refractivity contribution is 6.08. The molecule has 2 aliphatic rings. The molecule has 32 heavy (non-hydrogen) atoms. The molecule has 1 saturated heterocycles. The number of aryl methyl sites for hydroxylation is 2. The number of anilines is 1. The second-order valence-corrected chi connectivity index (χ2v) is 8.93. The maximum atomic E-state index is 13.4. The molecule has 164 valence electrons. The molecule has 0 aliphatic carbocycles. The number of aromatic nitrogens is 1. The topological polar surface area (TPSA) is 45.5 Å². The van der Waals surface area contributed by atoms with Crippen LogP contribution in [0.3, 0.4) is 0 Å². The van der Waals surface area contributed by atoms with Gasteiger partial charge in [-0.25, -0.2) is 0 Å². The highest BCUT2D eigenvalue weighted by Crippen LogP contribution is 2.33. The molecule has 5 heteroatoms. The van der Waals surface area contributed by atoms with Crippen molar-refractivity contribution >= 4 is 17.4 Å². The summed E-state index contributed by atoms with van der Waals surface area (Å²) in [5.74, 6) is 0.0628. The van der Waals surface area contributed by atoms with Gasteiger partial charge in [-0.2, -0.15) is 0 Å². The molecule has 5 rings (SSSR count). The fraction of sp³-hybridized carbons (Fsp3) is 0.333. The third-order valence-electron chi connectivity index (χ3n) is 6.88. The molecule has 1 atom stereocenters. The smallest absolute Gasteiger partial charge is 0.231 e. The highest BCUT2D eigenvalue weighted by atomic mass is 16.2. The van der Waals surface area contributed by atoms with Crippen LogP contribution in [0.25, 0.3) is 0 Å². The summed E-state index contributed by atoms with van der Waals surface area (Å²) in [4.78, 5) is 30.7. The van der Waals surface area contributed by atoms with E-state index in [4.69, 9.17) is 0 Å². The molecule has 3 aromatic rings. The first-order valence-electron chi connectivity index (χ1n) is 11.4. The fourth-order valence-electron chi connectivity index (χ4n) is 5.08. The standard InChI is InChI=1S/C27H29N3O2/c1-19-8-9-20(2)25(18-19)28-14-16-29(17-15-28)27(32)22-12-13-30-23(22)10-11-24(30)26(31)21-6-4-3-5-7-21/h3-11,18,22H,12-17H2,1-2H3. The number of hydrogen-bond donors (Lipinski definition) is 0. The summed E-state index contributed by atoms with van der Waals surface area (Å²) in [5.41, 5.74) is 6.16. The zero-order chi connectivity index (χ0) is 22.2. The van der Waals surface area contributed by atoms with E-state index in [1.807, 2.05) is 51.9 Å². The molecule has 5 nitrogen and oxygen atoms in total. The Morgan fingerprint density at radius 1 is 0.844 bits per heavy atom. The van der Waals surface area contributed by atoms with Gasteiger partial charge >= 0.3 is 0 Å². The van der Waals surface area contributed by atoms with Crippen molar-refractivity contribution in [3.63, 3.8) is 0 Å². The first-order valence-corrected chi connectivity index (χ1v) is 11.4. The molecule has 0 spiro atoms. The lowest BCUT2D eigenvalue weighted by Crippen LogP contribution is -2.50. The maximum absolute atomic E-state index is 13.4. The van der Waals surface area contributed by atoms with E-state index in [1.54, 1.807) is 0 Å². The van der Waals surface area contributed by atoms with Crippen LogP contribution < -0.4 is 4.90 Å². The lowest BCUT2D eigenvalue weighted by atomic mass is 10.0. The summed E-state index contributed by atoms with van der Waals surface area (Å²) < 4.78 is 2.05. The van der Waals surface area contributed by atoms with Crippen molar-refractivity contribution < 1.29 is 9.59 Å². The van der Waals surface area contributed by atoms with Gasteiger partial charge < -0.3 is 14.4 Å². The number of ketones is 1. The minimum atomic E-state index is -0.153. The van der Waals surface area contributed by atoms with E-state index in [1.165, 1.54) is 16.8 Å². The summed E-state index contributed by atoms with van der Waals surface area (Å²) in [7, 11) is 0. The number of piperazine rings is 1. The van der Waals surface area contributed by atoms with Gasteiger partial charge in [0, 0.05) is 49.7 Å². The second-order valence-electron chi connectivity index (χ2n) is 8.93. The molecular formula is C27H29N3O2. The average Bonchev–Trinajstić information content (AvgIpc) is 3.43. The Morgan fingerprint density at radius 3 is 2.34 bits per heavy atom.